The maximum absolute atomic E-state index is 13.2. The summed E-state index contributed by atoms with van der Waals surface area (Å²) >= 11 is 7.99. The number of amides is 1. The van der Waals surface area contributed by atoms with Gasteiger partial charge in [0.2, 0.25) is 5.88 Å². The summed E-state index contributed by atoms with van der Waals surface area (Å²) in [6.45, 7) is 6.19. The largest absolute Gasteiger partial charge is 0.481 e. The summed E-state index contributed by atoms with van der Waals surface area (Å²) in [4.78, 5) is 25.5. The molecule has 1 aliphatic rings. The highest BCUT2D eigenvalue weighted by Crippen LogP contribution is 2.48. The molecule has 0 radical (unpaired) electrons. The van der Waals surface area contributed by atoms with Crippen LogP contribution in [0, 0.1) is 5.92 Å². The van der Waals surface area contributed by atoms with Gasteiger partial charge in [-0.3, -0.25) is 4.98 Å². The summed E-state index contributed by atoms with van der Waals surface area (Å²) in [6, 6.07) is 21.5. The first-order valence-electron chi connectivity index (χ1n) is 14.4. The van der Waals surface area contributed by atoms with Crippen molar-refractivity contribution >= 4 is 40.4 Å². The van der Waals surface area contributed by atoms with Gasteiger partial charge in [0.15, 0.2) is 0 Å². The number of carbonyl (C=O) groups excluding carboxylic acids is 1. The molecule has 2 unspecified atom stereocenters. The number of nitrogens with zero attached hydrogens (tertiary/aromatic N) is 3. The number of halogens is 1. The van der Waals surface area contributed by atoms with Crippen LogP contribution in [0.25, 0.3) is 10.9 Å². The average molecular weight is 620 g/mol. The Labute approximate surface area is 262 Å². The highest BCUT2D eigenvalue weighted by atomic mass is 35.5. The van der Waals surface area contributed by atoms with E-state index in [4.69, 9.17) is 26.1 Å². The quantitative estimate of drug-likeness (QED) is 0.216. The van der Waals surface area contributed by atoms with Gasteiger partial charge in [0.25, 0.3) is 0 Å². The third-order valence-electron chi connectivity index (χ3n) is 7.99. The van der Waals surface area contributed by atoms with Gasteiger partial charge in [-0.05, 0) is 94.0 Å². The molecule has 3 heterocycles. The van der Waals surface area contributed by atoms with Crippen LogP contribution in [0.5, 0.6) is 5.88 Å². The van der Waals surface area contributed by atoms with E-state index in [0.29, 0.717) is 36.8 Å². The lowest BCUT2D eigenvalue weighted by Gasteiger charge is -2.49. The van der Waals surface area contributed by atoms with Gasteiger partial charge in [-0.15, -0.1) is 11.8 Å². The fourth-order valence-corrected chi connectivity index (χ4v) is 6.54. The first-order valence-corrected chi connectivity index (χ1v) is 16.0. The Hall–Kier alpha value is -3.33. The fourth-order valence-electron chi connectivity index (χ4n) is 5.96. The molecular formula is C34H38ClN3O4S. The molecule has 0 bridgehead atoms. The van der Waals surface area contributed by atoms with Gasteiger partial charge in [0.1, 0.15) is 5.60 Å². The Morgan fingerprint density at radius 2 is 1.93 bits per heavy atom. The lowest BCUT2D eigenvalue weighted by Crippen LogP contribution is -2.57. The van der Waals surface area contributed by atoms with E-state index in [2.05, 4.69) is 17.1 Å². The molecule has 0 aliphatic carbocycles. The van der Waals surface area contributed by atoms with Crippen molar-refractivity contribution in [3.05, 3.63) is 94.8 Å². The fraction of sp³-hybridized carbons (Fsp3) is 0.382. The molecular weight excluding hydrogens is 582 g/mol. The highest BCUT2D eigenvalue weighted by molar-refractivity contribution is 7.98. The van der Waals surface area contributed by atoms with Gasteiger partial charge in [0, 0.05) is 57.7 Å². The van der Waals surface area contributed by atoms with Crippen LogP contribution in [0.1, 0.15) is 49.9 Å². The monoisotopic (exact) mass is 619 g/mol. The molecule has 43 heavy (non-hydrogen) atoms. The lowest BCUT2D eigenvalue weighted by atomic mass is 9.66. The van der Waals surface area contributed by atoms with Crippen LogP contribution in [-0.2, 0) is 11.2 Å². The SMILES string of the molecule is COc1nc2ccc(SC)cc2cc1C(c1ccc(Cl)cc1)C1(O)CCN(C(=O)OC(C)(C)C)C[C@H]1Cc1ccccn1. The number of methoxy groups -OCH3 is 1. The summed E-state index contributed by atoms with van der Waals surface area (Å²) in [6.07, 6.45) is 4.17. The van der Waals surface area contributed by atoms with Crippen molar-refractivity contribution in [3.63, 3.8) is 0 Å². The van der Waals surface area contributed by atoms with E-state index in [1.807, 2.05) is 81.6 Å². The van der Waals surface area contributed by atoms with Crippen LogP contribution < -0.4 is 4.74 Å². The number of carbonyl (C=O) groups is 1. The predicted octanol–water partition coefficient (Wildman–Crippen LogP) is 7.38. The van der Waals surface area contributed by atoms with Crippen molar-refractivity contribution in [1.82, 2.24) is 14.9 Å². The molecule has 1 saturated heterocycles. The van der Waals surface area contributed by atoms with Crippen molar-refractivity contribution in [3.8, 4) is 5.88 Å². The Bertz CT molecular complexity index is 1580. The van der Waals surface area contributed by atoms with E-state index < -0.39 is 23.2 Å². The third-order valence-corrected chi connectivity index (χ3v) is 8.96. The molecule has 9 heteroatoms. The highest BCUT2D eigenvalue weighted by Gasteiger charge is 2.50. The number of likely N-dealkylation sites (tertiary alicyclic amines) is 1. The van der Waals surface area contributed by atoms with Crippen molar-refractivity contribution in [2.24, 2.45) is 5.92 Å². The molecule has 3 atom stereocenters. The number of piperidine rings is 1. The Kier molecular flexibility index (Phi) is 9.20. The summed E-state index contributed by atoms with van der Waals surface area (Å²) in [5.74, 6) is -0.477. The van der Waals surface area contributed by atoms with Gasteiger partial charge in [0.05, 0.1) is 18.2 Å². The zero-order valence-electron chi connectivity index (χ0n) is 25.2. The predicted molar refractivity (Wildman–Crippen MR) is 172 cm³/mol. The Balaban J connectivity index is 1.67. The second-order valence-corrected chi connectivity index (χ2v) is 13.3. The van der Waals surface area contributed by atoms with E-state index in [1.165, 1.54) is 0 Å². The summed E-state index contributed by atoms with van der Waals surface area (Å²) in [5, 5.41) is 14.6. The summed E-state index contributed by atoms with van der Waals surface area (Å²) in [7, 11) is 1.60. The summed E-state index contributed by atoms with van der Waals surface area (Å²) < 4.78 is 11.6. The molecule has 0 saturated carbocycles. The molecule has 7 nitrogen and oxygen atoms in total. The van der Waals surface area contributed by atoms with E-state index in [0.717, 1.165) is 32.6 Å². The zero-order chi connectivity index (χ0) is 30.8. The molecule has 2 aromatic carbocycles. The van der Waals surface area contributed by atoms with E-state index in [1.54, 1.807) is 30.0 Å². The maximum Gasteiger partial charge on any atom is 0.410 e. The minimum absolute atomic E-state index is 0.298. The number of thioether (sulfide) groups is 1. The maximum atomic E-state index is 13.2. The van der Waals surface area contributed by atoms with Crippen LogP contribution in [0.15, 0.2) is 77.8 Å². The van der Waals surface area contributed by atoms with Crippen LogP contribution in [0.4, 0.5) is 4.79 Å². The molecule has 1 fully saturated rings. The molecule has 0 spiro atoms. The molecule has 226 valence electrons. The standard InChI is InChI=1S/C34H38ClN3O4S/c1-33(2,3)42-32(39)38-17-15-34(40,24(21-38)20-26-8-6-7-16-36-26)30(22-9-11-25(35)12-10-22)28-19-23-18-27(43-5)13-14-29(23)37-31(28)41-4/h6-14,16,18-19,24,30,40H,15,17,20-21H2,1-5H3/t24-,30?,34?/m1/s1. The number of rotatable bonds is 7. The van der Waals surface area contributed by atoms with Crippen molar-refractivity contribution in [2.75, 3.05) is 26.5 Å². The lowest BCUT2D eigenvalue weighted by molar-refractivity contribution is -0.0847. The van der Waals surface area contributed by atoms with Crippen LogP contribution in [-0.4, -0.2) is 63.7 Å². The number of aliphatic hydroxyl groups is 1. The van der Waals surface area contributed by atoms with E-state index >= 15 is 0 Å². The molecule has 4 aromatic rings. The van der Waals surface area contributed by atoms with Gasteiger partial charge in [-0.2, -0.15) is 0 Å². The van der Waals surface area contributed by atoms with Crippen LogP contribution in [0.3, 0.4) is 0 Å². The summed E-state index contributed by atoms with van der Waals surface area (Å²) in [5.41, 5.74) is 1.36. The first kappa shape index (κ1) is 31.1. The zero-order valence-corrected chi connectivity index (χ0v) is 26.8. The molecule has 5 rings (SSSR count). The number of ether oxygens (including phenoxy) is 2. The second-order valence-electron chi connectivity index (χ2n) is 12.0. The second kappa shape index (κ2) is 12.7. The van der Waals surface area contributed by atoms with Gasteiger partial charge < -0.3 is 19.5 Å². The van der Waals surface area contributed by atoms with Crippen molar-refractivity contribution < 1.29 is 19.4 Å². The van der Waals surface area contributed by atoms with Crippen molar-refractivity contribution in [2.45, 2.75) is 55.6 Å². The van der Waals surface area contributed by atoms with Crippen LogP contribution >= 0.6 is 23.4 Å². The molecule has 1 amide bonds. The molecule has 1 N–H and O–H groups in total. The van der Waals surface area contributed by atoms with E-state index in [9.17, 15) is 9.90 Å². The van der Waals surface area contributed by atoms with Crippen molar-refractivity contribution in [1.29, 1.82) is 0 Å². The number of hydrogen-bond acceptors (Lipinski definition) is 7. The van der Waals surface area contributed by atoms with E-state index in [-0.39, 0.29) is 5.92 Å². The Morgan fingerprint density at radius 1 is 1.16 bits per heavy atom. The number of benzene rings is 2. The van der Waals surface area contributed by atoms with Gasteiger partial charge >= 0.3 is 6.09 Å². The number of fused-ring (bicyclic) bond motifs is 1. The molecule has 1 aliphatic heterocycles. The minimum atomic E-state index is -1.30. The average Bonchev–Trinajstić information content (AvgIpc) is 2.98. The molecule has 2 aromatic heterocycles. The smallest absolute Gasteiger partial charge is 0.410 e. The minimum Gasteiger partial charge on any atom is -0.481 e. The number of pyridine rings is 2. The number of aromatic nitrogens is 2. The van der Waals surface area contributed by atoms with Gasteiger partial charge in [-0.1, -0.05) is 29.8 Å². The number of hydrogen-bond donors (Lipinski definition) is 1. The topological polar surface area (TPSA) is 84.8 Å². The van der Waals surface area contributed by atoms with Crippen LogP contribution in [0.2, 0.25) is 5.02 Å². The third kappa shape index (κ3) is 6.92. The normalized spacial score (nSPS) is 19.7. The van der Waals surface area contributed by atoms with Gasteiger partial charge in [-0.25, -0.2) is 9.78 Å². The first-order chi connectivity index (χ1) is 20.5. The Morgan fingerprint density at radius 3 is 2.58 bits per heavy atom.